The summed E-state index contributed by atoms with van der Waals surface area (Å²) in [5, 5.41) is 11.2. The molecule has 6 heteroatoms. The predicted molar refractivity (Wildman–Crippen MR) is 127 cm³/mol. The summed E-state index contributed by atoms with van der Waals surface area (Å²) in [6, 6.07) is 20.5. The number of methoxy groups -OCH3 is 1. The van der Waals surface area contributed by atoms with E-state index in [4.69, 9.17) is 9.47 Å². The van der Waals surface area contributed by atoms with Gasteiger partial charge in [0.05, 0.1) is 25.3 Å². The quantitative estimate of drug-likeness (QED) is 0.329. The molecule has 1 atom stereocenters. The number of hydrogen-bond acceptors (Lipinski definition) is 5. The maximum atomic E-state index is 13.2. The number of anilines is 1. The Bertz CT molecular complexity index is 1210. The van der Waals surface area contributed by atoms with Crippen LogP contribution in [0.25, 0.3) is 5.76 Å². The van der Waals surface area contributed by atoms with E-state index in [9.17, 15) is 14.7 Å². The van der Waals surface area contributed by atoms with Gasteiger partial charge in [0, 0.05) is 11.3 Å². The topological polar surface area (TPSA) is 76.1 Å². The molecular formula is C27H25NO5. The smallest absolute Gasteiger partial charge is 0.300 e. The number of benzene rings is 3. The van der Waals surface area contributed by atoms with Crippen molar-refractivity contribution in [2.75, 3.05) is 18.6 Å². The standard InChI is InChI=1S/C27H25NO5/c1-4-33-22-12-8-18(9-13-22)25(29)23-24(19-7-5-6-17(2)16-19)28(27(31)26(23)30)20-10-14-21(32-3)15-11-20/h5-16,24,29H,4H2,1-3H3/b25-23-. The number of Topliss-reactive ketones (excluding diaryl/α,β-unsaturated/α-hetero) is 1. The highest BCUT2D eigenvalue weighted by molar-refractivity contribution is 6.51. The first-order chi connectivity index (χ1) is 15.9. The van der Waals surface area contributed by atoms with Crippen molar-refractivity contribution in [1.29, 1.82) is 0 Å². The van der Waals surface area contributed by atoms with E-state index in [1.165, 1.54) is 4.90 Å². The molecule has 0 saturated carbocycles. The van der Waals surface area contributed by atoms with E-state index >= 15 is 0 Å². The second-order valence-electron chi connectivity index (χ2n) is 7.74. The number of amides is 1. The molecule has 1 unspecified atom stereocenters. The predicted octanol–water partition coefficient (Wildman–Crippen LogP) is 5.03. The van der Waals surface area contributed by atoms with Crippen LogP contribution in [-0.4, -0.2) is 30.5 Å². The number of aryl methyl sites for hydroxylation is 1. The lowest BCUT2D eigenvalue weighted by Crippen LogP contribution is -2.29. The Balaban J connectivity index is 1.87. The third-order valence-corrected chi connectivity index (χ3v) is 5.59. The fraction of sp³-hybridized carbons (Fsp3) is 0.185. The summed E-state index contributed by atoms with van der Waals surface area (Å²) in [5.74, 6) is -0.360. The summed E-state index contributed by atoms with van der Waals surface area (Å²) < 4.78 is 10.7. The number of carbonyl (C=O) groups excluding carboxylic acids is 2. The number of hydrogen-bond donors (Lipinski definition) is 1. The summed E-state index contributed by atoms with van der Waals surface area (Å²) >= 11 is 0. The van der Waals surface area contributed by atoms with Gasteiger partial charge in [-0.3, -0.25) is 14.5 Å². The van der Waals surface area contributed by atoms with Gasteiger partial charge in [0.25, 0.3) is 11.7 Å². The second kappa shape index (κ2) is 9.20. The van der Waals surface area contributed by atoms with Gasteiger partial charge in [-0.2, -0.15) is 0 Å². The third kappa shape index (κ3) is 4.20. The fourth-order valence-corrected chi connectivity index (χ4v) is 4.03. The molecule has 1 aliphatic heterocycles. The zero-order valence-electron chi connectivity index (χ0n) is 18.7. The molecule has 168 valence electrons. The van der Waals surface area contributed by atoms with Gasteiger partial charge in [-0.05, 0) is 67.9 Å². The monoisotopic (exact) mass is 443 g/mol. The normalized spacial score (nSPS) is 17.3. The van der Waals surface area contributed by atoms with Gasteiger partial charge in [-0.25, -0.2) is 0 Å². The molecule has 0 aliphatic carbocycles. The minimum atomic E-state index is -0.773. The van der Waals surface area contributed by atoms with E-state index in [1.807, 2.05) is 38.1 Å². The molecule has 0 radical (unpaired) electrons. The third-order valence-electron chi connectivity index (χ3n) is 5.59. The lowest BCUT2D eigenvalue weighted by atomic mass is 9.94. The number of rotatable bonds is 6. The van der Waals surface area contributed by atoms with Gasteiger partial charge in [-0.1, -0.05) is 29.8 Å². The van der Waals surface area contributed by atoms with Gasteiger partial charge < -0.3 is 14.6 Å². The van der Waals surface area contributed by atoms with Crippen molar-refractivity contribution >= 4 is 23.1 Å². The first kappa shape index (κ1) is 22.1. The molecule has 1 fully saturated rings. The van der Waals surface area contributed by atoms with Crippen LogP contribution in [0.1, 0.15) is 29.7 Å². The highest BCUT2D eigenvalue weighted by Gasteiger charge is 2.47. The number of aliphatic hydroxyl groups is 1. The number of carbonyl (C=O) groups is 2. The Kier molecular flexibility index (Phi) is 6.18. The van der Waals surface area contributed by atoms with E-state index in [0.717, 1.165) is 11.1 Å². The second-order valence-corrected chi connectivity index (χ2v) is 7.74. The van der Waals surface area contributed by atoms with Crippen molar-refractivity contribution in [2.45, 2.75) is 19.9 Å². The van der Waals surface area contributed by atoms with Gasteiger partial charge in [0.2, 0.25) is 0 Å². The fourth-order valence-electron chi connectivity index (χ4n) is 4.03. The van der Waals surface area contributed by atoms with Crippen molar-refractivity contribution < 1.29 is 24.2 Å². The Morgan fingerprint density at radius 2 is 1.64 bits per heavy atom. The molecule has 3 aromatic carbocycles. The summed E-state index contributed by atoms with van der Waals surface area (Å²) in [6.45, 7) is 4.34. The molecule has 1 aliphatic rings. The van der Waals surface area contributed by atoms with Crippen LogP contribution in [0, 0.1) is 6.92 Å². The van der Waals surface area contributed by atoms with Crippen LogP contribution in [0.4, 0.5) is 5.69 Å². The van der Waals surface area contributed by atoms with Crippen LogP contribution in [0.15, 0.2) is 78.4 Å². The van der Waals surface area contributed by atoms with E-state index < -0.39 is 17.7 Å². The Hall–Kier alpha value is -4.06. The Morgan fingerprint density at radius 3 is 2.24 bits per heavy atom. The molecule has 6 nitrogen and oxygen atoms in total. The highest BCUT2D eigenvalue weighted by Crippen LogP contribution is 2.42. The van der Waals surface area contributed by atoms with Crippen LogP contribution >= 0.6 is 0 Å². The number of ketones is 1. The van der Waals surface area contributed by atoms with E-state index in [1.54, 1.807) is 55.6 Å². The maximum Gasteiger partial charge on any atom is 0.300 e. The van der Waals surface area contributed by atoms with E-state index in [-0.39, 0.29) is 11.3 Å². The largest absolute Gasteiger partial charge is 0.507 e. The van der Waals surface area contributed by atoms with Crippen LogP contribution < -0.4 is 14.4 Å². The molecule has 0 aromatic heterocycles. The van der Waals surface area contributed by atoms with Crippen molar-refractivity contribution in [2.24, 2.45) is 0 Å². The average Bonchev–Trinajstić information content (AvgIpc) is 3.10. The first-order valence-electron chi connectivity index (χ1n) is 10.7. The number of ether oxygens (including phenoxy) is 2. The molecular weight excluding hydrogens is 418 g/mol. The molecule has 3 aromatic rings. The summed E-state index contributed by atoms with van der Waals surface area (Å²) in [4.78, 5) is 27.8. The zero-order valence-corrected chi connectivity index (χ0v) is 18.7. The van der Waals surface area contributed by atoms with Crippen molar-refractivity contribution in [3.63, 3.8) is 0 Å². The minimum absolute atomic E-state index is 0.0468. The average molecular weight is 443 g/mol. The summed E-state index contributed by atoms with van der Waals surface area (Å²) in [6.07, 6.45) is 0. The van der Waals surface area contributed by atoms with Gasteiger partial charge in [-0.15, -0.1) is 0 Å². The molecule has 0 bridgehead atoms. The lowest BCUT2D eigenvalue weighted by molar-refractivity contribution is -0.132. The maximum absolute atomic E-state index is 13.2. The molecule has 1 N–H and O–H groups in total. The van der Waals surface area contributed by atoms with Crippen molar-refractivity contribution in [3.05, 3.63) is 95.1 Å². The van der Waals surface area contributed by atoms with Gasteiger partial charge in [0.1, 0.15) is 17.3 Å². The molecule has 4 rings (SSSR count). The molecule has 1 amide bonds. The van der Waals surface area contributed by atoms with Crippen LogP contribution in [0.3, 0.4) is 0 Å². The molecule has 33 heavy (non-hydrogen) atoms. The summed E-state index contributed by atoms with van der Waals surface area (Å²) in [7, 11) is 1.56. The minimum Gasteiger partial charge on any atom is -0.507 e. The Morgan fingerprint density at radius 1 is 0.970 bits per heavy atom. The van der Waals surface area contributed by atoms with Gasteiger partial charge in [0.15, 0.2) is 0 Å². The van der Waals surface area contributed by atoms with Crippen molar-refractivity contribution in [3.8, 4) is 11.5 Å². The Labute approximate surface area is 192 Å². The molecule has 1 saturated heterocycles. The van der Waals surface area contributed by atoms with Crippen LogP contribution in [-0.2, 0) is 9.59 Å². The highest BCUT2D eigenvalue weighted by atomic mass is 16.5. The SMILES string of the molecule is CCOc1ccc(/C(O)=C2/C(=O)C(=O)N(c3ccc(OC)cc3)C2c2cccc(C)c2)cc1. The number of nitrogens with zero attached hydrogens (tertiary/aromatic N) is 1. The van der Waals surface area contributed by atoms with Crippen LogP contribution in [0.5, 0.6) is 11.5 Å². The van der Waals surface area contributed by atoms with E-state index in [2.05, 4.69) is 0 Å². The van der Waals surface area contributed by atoms with Crippen LogP contribution in [0.2, 0.25) is 0 Å². The number of aliphatic hydroxyl groups excluding tert-OH is 1. The zero-order chi connectivity index (χ0) is 23.5. The van der Waals surface area contributed by atoms with Gasteiger partial charge >= 0.3 is 0 Å². The summed E-state index contributed by atoms with van der Waals surface area (Å²) in [5.41, 5.74) is 2.73. The molecule has 0 spiro atoms. The van der Waals surface area contributed by atoms with Crippen molar-refractivity contribution in [1.82, 2.24) is 0 Å². The first-order valence-corrected chi connectivity index (χ1v) is 10.7. The lowest BCUT2D eigenvalue weighted by Gasteiger charge is -2.26. The van der Waals surface area contributed by atoms with E-state index in [0.29, 0.717) is 29.4 Å². The molecule has 1 heterocycles.